The lowest BCUT2D eigenvalue weighted by atomic mass is 9.91. The van der Waals surface area contributed by atoms with Gasteiger partial charge in [-0.2, -0.15) is 0 Å². The summed E-state index contributed by atoms with van der Waals surface area (Å²) in [7, 11) is 0. The summed E-state index contributed by atoms with van der Waals surface area (Å²) in [6.45, 7) is 5.38. The van der Waals surface area contributed by atoms with Crippen molar-refractivity contribution in [2.24, 2.45) is 5.92 Å². The van der Waals surface area contributed by atoms with Crippen molar-refractivity contribution in [1.82, 2.24) is 0 Å². The van der Waals surface area contributed by atoms with Crippen LogP contribution in [0.25, 0.3) is 0 Å². The summed E-state index contributed by atoms with van der Waals surface area (Å²) in [5.74, 6) is 0.373. The highest BCUT2D eigenvalue weighted by atomic mass is 16.5. The van der Waals surface area contributed by atoms with Crippen molar-refractivity contribution in [2.45, 2.75) is 38.7 Å². The Labute approximate surface area is 68.6 Å². The maximum Gasteiger partial charge on any atom is 0.0658 e. The molecule has 1 fully saturated rings. The van der Waals surface area contributed by atoms with Crippen LogP contribution in [0, 0.1) is 5.92 Å². The van der Waals surface area contributed by atoms with Gasteiger partial charge in [0.15, 0.2) is 0 Å². The first-order valence-corrected chi connectivity index (χ1v) is 4.41. The van der Waals surface area contributed by atoms with E-state index in [0.29, 0.717) is 5.92 Å². The largest absolute Gasteiger partial charge is 0.396 e. The zero-order chi connectivity index (χ0) is 8.32. The predicted octanol–water partition coefficient (Wildman–Crippen LogP) is 1.57. The Morgan fingerprint density at radius 3 is 2.82 bits per heavy atom. The van der Waals surface area contributed by atoms with Gasteiger partial charge in [-0.05, 0) is 32.1 Å². The molecular formula is C9H18O2. The third-order valence-corrected chi connectivity index (χ3v) is 2.39. The van der Waals surface area contributed by atoms with E-state index in [1.54, 1.807) is 0 Å². The summed E-state index contributed by atoms with van der Waals surface area (Å²) in [5.41, 5.74) is 0.0577. The van der Waals surface area contributed by atoms with E-state index in [2.05, 4.69) is 13.8 Å². The molecule has 11 heavy (non-hydrogen) atoms. The quantitative estimate of drug-likeness (QED) is 0.675. The van der Waals surface area contributed by atoms with E-state index in [1.807, 2.05) is 0 Å². The van der Waals surface area contributed by atoms with Crippen LogP contribution < -0.4 is 0 Å². The number of aliphatic hydroxyl groups excluding tert-OH is 1. The van der Waals surface area contributed by atoms with Gasteiger partial charge < -0.3 is 9.84 Å². The monoisotopic (exact) mass is 158 g/mol. The molecule has 1 aliphatic heterocycles. The van der Waals surface area contributed by atoms with Gasteiger partial charge in [0, 0.05) is 13.2 Å². The average molecular weight is 158 g/mol. The molecule has 1 saturated heterocycles. The molecule has 1 rings (SSSR count). The molecule has 2 atom stereocenters. The molecule has 1 heterocycles. The minimum Gasteiger partial charge on any atom is -0.396 e. The summed E-state index contributed by atoms with van der Waals surface area (Å²) >= 11 is 0. The van der Waals surface area contributed by atoms with Crippen molar-refractivity contribution >= 4 is 0 Å². The Hall–Kier alpha value is -0.0800. The molecule has 0 bridgehead atoms. The van der Waals surface area contributed by atoms with E-state index in [0.717, 1.165) is 19.4 Å². The molecule has 0 aromatic carbocycles. The predicted molar refractivity (Wildman–Crippen MR) is 44.5 cm³/mol. The Morgan fingerprint density at radius 2 is 2.36 bits per heavy atom. The van der Waals surface area contributed by atoms with Crippen LogP contribution in [0.3, 0.4) is 0 Å². The van der Waals surface area contributed by atoms with Gasteiger partial charge in [0.05, 0.1) is 5.60 Å². The number of hydrogen-bond donors (Lipinski definition) is 1. The molecule has 66 valence electrons. The molecule has 0 aromatic heterocycles. The molecule has 0 saturated carbocycles. The normalized spacial score (nSPS) is 34.1. The molecule has 1 N–H and O–H groups in total. The van der Waals surface area contributed by atoms with E-state index in [4.69, 9.17) is 9.84 Å². The minimum absolute atomic E-state index is 0.0577. The highest BCUT2D eigenvalue weighted by Crippen LogP contribution is 2.31. The fourth-order valence-corrected chi connectivity index (χ4v) is 1.80. The van der Waals surface area contributed by atoms with E-state index in [1.165, 1.54) is 6.42 Å². The maximum atomic E-state index is 8.85. The van der Waals surface area contributed by atoms with Crippen LogP contribution >= 0.6 is 0 Å². The van der Waals surface area contributed by atoms with E-state index >= 15 is 0 Å². The van der Waals surface area contributed by atoms with Crippen molar-refractivity contribution < 1.29 is 9.84 Å². The molecule has 2 unspecified atom stereocenters. The van der Waals surface area contributed by atoms with Crippen LogP contribution in [0.4, 0.5) is 0 Å². The Morgan fingerprint density at radius 1 is 1.64 bits per heavy atom. The first kappa shape index (κ1) is 9.01. The van der Waals surface area contributed by atoms with Crippen LogP contribution in [0.5, 0.6) is 0 Å². The van der Waals surface area contributed by atoms with Crippen LogP contribution in [0.15, 0.2) is 0 Å². The number of rotatable bonds is 3. The second-order valence-corrected chi connectivity index (χ2v) is 3.89. The number of ether oxygens (including phenoxy) is 1. The van der Waals surface area contributed by atoms with Crippen LogP contribution in [-0.4, -0.2) is 23.9 Å². The molecule has 0 amide bonds. The van der Waals surface area contributed by atoms with E-state index in [9.17, 15) is 0 Å². The second-order valence-electron chi connectivity index (χ2n) is 3.89. The summed E-state index contributed by atoms with van der Waals surface area (Å²) in [4.78, 5) is 0. The lowest BCUT2D eigenvalue weighted by Gasteiger charge is -2.25. The van der Waals surface area contributed by atoms with Crippen molar-refractivity contribution in [3.8, 4) is 0 Å². The summed E-state index contributed by atoms with van der Waals surface area (Å²) in [6, 6.07) is 0. The summed E-state index contributed by atoms with van der Waals surface area (Å²) in [6.07, 6.45) is 3.31. The molecular weight excluding hydrogens is 140 g/mol. The van der Waals surface area contributed by atoms with E-state index < -0.39 is 0 Å². The van der Waals surface area contributed by atoms with Gasteiger partial charge in [-0.25, -0.2) is 0 Å². The first-order chi connectivity index (χ1) is 5.16. The van der Waals surface area contributed by atoms with Gasteiger partial charge in [-0.3, -0.25) is 0 Å². The highest BCUT2D eigenvalue weighted by Gasteiger charge is 2.30. The molecule has 1 aliphatic rings. The topological polar surface area (TPSA) is 29.5 Å². The Kier molecular flexibility index (Phi) is 2.90. The summed E-state index contributed by atoms with van der Waals surface area (Å²) in [5, 5.41) is 8.85. The fourth-order valence-electron chi connectivity index (χ4n) is 1.80. The first-order valence-electron chi connectivity index (χ1n) is 4.41. The number of aliphatic hydroxyl groups is 1. The summed E-state index contributed by atoms with van der Waals surface area (Å²) < 4.78 is 5.60. The SMILES string of the molecule is CC(CO)CC1(C)CCCO1. The standard InChI is InChI=1S/C9H18O2/c1-8(7-10)6-9(2)4-3-5-11-9/h8,10H,3-7H2,1-2H3. The Bertz CT molecular complexity index is 117. The fraction of sp³-hybridized carbons (Fsp3) is 1.00. The maximum absolute atomic E-state index is 8.85. The van der Waals surface area contributed by atoms with Crippen molar-refractivity contribution in [3.63, 3.8) is 0 Å². The van der Waals surface area contributed by atoms with Crippen LogP contribution in [0.2, 0.25) is 0 Å². The Balaban J connectivity index is 2.33. The van der Waals surface area contributed by atoms with Gasteiger partial charge in [0.25, 0.3) is 0 Å². The third kappa shape index (κ3) is 2.46. The molecule has 2 heteroatoms. The smallest absolute Gasteiger partial charge is 0.0658 e. The average Bonchev–Trinajstić information content (AvgIpc) is 2.36. The van der Waals surface area contributed by atoms with Crippen molar-refractivity contribution in [1.29, 1.82) is 0 Å². The lowest BCUT2D eigenvalue weighted by Crippen LogP contribution is -2.26. The minimum atomic E-state index is 0.0577. The van der Waals surface area contributed by atoms with Gasteiger partial charge in [-0.1, -0.05) is 6.92 Å². The van der Waals surface area contributed by atoms with Gasteiger partial charge >= 0.3 is 0 Å². The lowest BCUT2D eigenvalue weighted by molar-refractivity contribution is -0.00410. The molecule has 0 aromatic rings. The highest BCUT2D eigenvalue weighted by molar-refractivity contribution is 4.81. The van der Waals surface area contributed by atoms with Gasteiger partial charge in [-0.15, -0.1) is 0 Å². The third-order valence-electron chi connectivity index (χ3n) is 2.39. The van der Waals surface area contributed by atoms with Gasteiger partial charge in [0.1, 0.15) is 0 Å². The second kappa shape index (κ2) is 3.55. The molecule has 0 radical (unpaired) electrons. The zero-order valence-electron chi connectivity index (χ0n) is 7.47. The molecule has 0 aliphatic carbocycles. The number of hydrogen-bond acceptors (Lipinski definition) is 2. The van der Waals surface area contributed by atoms with E-state index in [-0.39, 0.29) is 12.2 Å². The van der Waals surface area contributed by atoms with Crippen molar-refractivity contribution in [3.05, 3.63) is 0 Å². The molecule has 0 spiro atoms. The van der Waals surface area contributed by atoms with Crippen LogP contribution in [0.1, 0.15) is 33.1 Å². The van der Waals surface area contributed by atoms with Crippen LogP contribution in [-0.2, 0) is 4.74 Å². The zero-order valence-corrected chi connectivity index (χ0v) is 7.47. The molecule has 2 nitrogen and oxygen atoms in total. The van der Waals surface area contributed by atoms with Gasteiger partial charge in [0.2, 0.25) is 0 Å². The van der Waals surface area contributed by atoms with Crippen molar-refractivity contribution in [2.75, 3.05) is 13.2 Å².